The summed E-state index contributed by atoms with van der Waals surface area (Å²) in [6.45, 7) is 6.16. The van der Waals surface area contributed by atoms with Crippen LogP contribution in [0.1, 0.15) is 39.5 Å². The zero-order chi connectivity index (χ0) is 18.3. The lowest BCUT2D eigenvalue weighted by atomic mass is 10.2. The third-order valence-electron chi connectivity index (χ3n) is 4.44. The molecular formula is C18H29N3O3S. The van der Waals surface area contributed by atoms with Crippen molar-refractivity contribution < 1.29 is 13.2 Å². The number of anilines is 2. The van der Waals surface area contributed by atoms with Crippen LogP contribution in [-0.4, -0.2) is 46.3 Å². The van der Waals surface area contributed by atoms with Crippen LogP contribution in [0, 0.1) is 0 Å². The first-order valence-electron chi connectivity index (χ1n) is 9.03. The molecule has 1 saturated heterocycles. The van der Waals surface area contributed by atoms with E-state index in [9.17, 15) is 13.2 Å². The van der Waals surface area contributed by atoms with Crippen molar-refractivity contribution in [1.82, 2.24) is 4.72 Å². The summed E-state index contributed by atoms with van der Waals surface area (Å²) in [5, 5.41) is 0. The van der Waals surface area contributed by atoms with Gasteiger partial charge in [-0.15, -0.1) is 0 Å². The lowest BCUT2D eigenvalue weighted by Crippen LogP contribution is -2.38. The molecule has 0 bridgehead atoms. The van der Waals surface area contributed by atoms with Gasteiger partial charge in [-0.2, -0.15) is 0 Å². The summed E-state index contributed by atoms with van der Waals surface area (Å²) in [6, 6.07) is 7.92. The molecule has 0 aliphatic carbocycles. The van der Waals surface area contributed by atoms with Crippen LogP contribution in [0.25, 0.3) is 0 Å². The summed E-state index contributed by atoms with van der Waals surface area (Å²) >= 11 is 0. The van der Waals surface area contributed by atoms with E-state index in [0.717, 1.165) is 25.2 Å². The standard InChI is InChI=1S/C18H29N3O3S/c1-3-4-15-25(23,24)19-11-14-21(16(2)22)18-9-7-17(8-10-18)20-12-5-6-13-20/h7-10,19H,3-6,11-15H2,1-2H3. The van der Waals surface area contributed by atoms with E-state index in [1.54, 1.807) is 4.90 Å². The summed E-state index contributed by atoms with van der Waals surface area (Å²) < 4.78 is 26.3. The Balaban J connectivity index is 1.94. The van der Waals surface area contributed by atoms with Crippen molar-refractivity contribution in [1.29, 1.82) is 0 Å². The van der Waals surface area contributed by atoms with Gasteiger partial charge in [0.05, 0.1) is 5.75 Å². The fourth-order valence-electron chi connectivity index (χ4n) is 3.01. The maximum absolute atomic E-state index is 12.0. The molecule has 7 heteroatoms. The fourth-order valence-corrected chi connectivity index (χ4v) is 4.22. The van der Waals surface area contributed by atoms with Crippen LogP contribution in [0.15, 0.2) is 24.3 Å². The molecule has 0 spiro atoms. The van der Waals surface area contributed by atoms with Gasteiger partial charge in [-0.05, 0) is 43.5 Å². The maximum atomic E-state index is 12.0. The second-order valence-corrected chi connectivity index (χ2v) is 8.37. The highest BCUT2D eigenvalue weighted by atomic mass is 32.2. The Labute approximate surface area is 151 Å². The normalized spacial score (nSPS) is 14.7. The Morgan fingerprint density at radius 1 is 1.20 bits per heavy atom. The molecule has 0 saturated carbocycles. The number of hydrogen-bond acceptors (Lipinski definition) is 4. The first kappa shape index (κ1) is 19.7. The summed E-state index contributed by atoms with van der Waals surface area (Å²) in [5.41, 5.74) is 1.97. The first-order valence-corrected chi connectivity index (χ1v) is 10.7. The van der Waals surface area contributed by atoms with E-state index in [1.165, 1.54) is 25.5 Å². The third-order valence-corrected chi connectivity index (χ3v) is 5.91. The molecular weight excluding hydrogens is 338 g/mol. The highest BCUT2D eigenvalue weighted by Gasteiger charge is 2.16. The number of rotatable bonds is 9. The molecule has 1 fully saturated rings. The van der Waals surface area contributed by atoms with Gasteiger partial charge in [0.25, 0.3) is 0 Å². The predicted octanol–water partition coefficient (Wildman–Crippen LogP) is 2.36. The van der Waals surface area contributed by atoms with E-state index in [0.29, 0.717) is 13.0 Å². The molecule has 0 atom stereocenters. The van der Waals surface area contributed by atoms with E-state index in [-0.39, 0.29) is 18.2 Å². The number of carbonyl (C=O) groups excluding carboxylic acids is 1. The molecule has 1 N–H and O–H groups in total. The van der Waals surface area contributed by atoms with Gasteiger partial charge in [-0.25, -0.2) is 13.1 Å². The smallest absolute Gasteiger partial charge is 0.223 e. The van der Waals surface area contributed by atoms with Gasteiger partial charge in [0.1, 0.15) is 0 Å². The zero-order valence-electron chi connectivity index (χ0n) is 15.2. The largest absolute Gasteiger partial charge is 0.372 e. The lowest BCUT2D eigenvalue weighted by molar-refractivity contribution is -0.116. The summed E-state index contributed by atoms with van der Waals surface area (Å²) in [7, 11) is -3.26. The molecule has 6 nitrogen and oxygen atoms in total. The SMILES string of the molecule is CCCCS(=O)(=O)NCCN(C(C)=O)c1ccc(N2CCCC2)cc1. The Bertz CT molecular complexity index is 653. The molecule has 0 aromatic heterocycles. The Kier molecular flexibility index (Phi) is 7.25. The number of nitrogens with zero attached hydrogens (tertiary/aromatic N) is 2. The van der Waals surface area contributed by atoms with Crippen LogP contribution in [0.2, 0.25) is 0 Å². The van der Waals surface area contributed by atoms with Crippen molar-refractivity contribution in [2.24, 2.45) is 0 Å². The summed E-state index contributed by atoms with van der Waals surface area (Å²) in [5.74, 6) is 0.0374. The number of unbranched alkanes of at least 4 members (excludes halogenated alkanes) is 1. The monoisotopic (exact) mass is 367 g/mol. The van der Waals surface area contributed by atoms with Crippen molar-refractivity contribution in [3.63, 3.8) is 0 Å². The molecule has 1 heterocycles. The van der Waals surface area contributed by atoms with Gasteiger partial charge in [-0.1, -0.05) is 13.3 Å². The van der Waals surface area contributed by atoms with E-state index in [1.807, 2.05) is 31.2 Å². The van der Waals surface area contributed by atoms with Gasteiger partial charge in [0.2, 0.25) is 15.9 Å². The number of hydrogen-bond donors (Lipinski definition) is 1. The van der Waals surface area contributed by atoms with Gasteiger partial charge < -0.3 is 9.80 Å². The van der Waals surface area contributed by atoms with Crippen molar-refractivity contribution in [2.75, 3.05) is 41.7 Å². The summed E-state index contributed by atoms with van der Waals surface area (Å²) in [6.07, 6.45) is 3.92. The molecule has 25 heavy (non-hydrogen) atoms. The molecule has 140 valence electrons. The molecule has 1 amide bonds. The minimum atomic E-state index is -3.26. The topological polar surface area (TPSA) is 69.7 Å². The average Bonchev–Trinajstić information content (AvgIpc) is 3.11. The van der Waals surface area contributed by atoms with Crippen molar-refractivity contribution in [3.05, 3.63) is 24.3 Å². The second kappa shape index (κ2) is 9.20. The van der Waals surface area contributed by atoms with E-state index < -0.39 is 10.0 Å². The molecule has 1 aliphatic rings. The Morgan fingerprint density at radius 3 is 2.40 bits per heavy atom. The van der Waals surface area contributed by atoms with Crippen LogP contribution >= 0.6 is 0 Å². The molecule has 1 aromatic rings. The van der Waals surface area contributed by atoms with Gasteiger partial charge in [-0.3, -0.25) is 4.79 Å². The minimum absolute atomic E-state index is 0.0957. The second-order valence-electron chi connectivity index (χ2n) is 6.45. The molecule has 2 rings (SSSR count). The molecule has 1 aromatic carbocycles. The van der Waals surface area contributed by atoms with E-state index >= 15 is 0 Å². The quantitative estimate of drug-likeness (QED) is 0.727. The minimum Gasteiger partial charge on any atom is -0.372 e. The number of benzene rings is 1. The van der Waals surface area contributed by atoms with Crippen LogP contribution < -0.4 is 14.5 Å². The summed E-state index contributed by atoms with van der Waals surface area (Å²) in [4.78, 5) is 15.9. The first-order chi connectivity index (χ1) is 11.9. The van der Waals surface area contributed by atoms with Gasteiger partial charge in [0, 0.05) is 44.5 Å². The molecule has 1 aliphatic heterocycles. The highest BCUT2D eigenvalue weighted by molar-refractivity contribution is 7.89. The predicted molar refractivity (Wildman–Crippen MR) is 103 cm³/mol. The Hall–Kier alpha value is -1.60. The molecule has 0 unspecified atom stereocenters. The van der Waals surface area contributed by atoms with E-state index in [2.05, 4.69) is 9.62 Å². The molecule has 0 radical (unpaired) electrons. The fraction of sp³-hybridized carbons (Fsp3) is 0.611. The average molecular weight is 368 g/mol. The van der Waals surface area contributed by atoms with Gasteiger partial charge >= 0.3 is 0 Å². The highest BCUT2D eigenvalue weighted by Crippen LogP contribution is 2.23. The van der Waals surface area contributed by atoms with Crippen LogP contribution in [-0.2, 0) is 14.8 Å². The number of sulfonamides is 1. The third kappa shape index (κ3) is 6.01. The van der Waals surface area contributed by atoms with Gasteiger partial charge in [0.15, 0.2) is 0 Å². The van der Waals surface area contributed by atoms with Crippen molar-refractivity contribution in [2.45, 2.75) is 39.5 Å². The van der Waals surface area contributed by atoms with Crippen molar-refractivity contribution in [3.8, 4) is 0 Å². The number of nitrogens with one attached hydrogen (secondary N) is 1. The van der Waals surface area contributed by atoms with E-state index in [4.69, 9.17) is 0 Å². The van der Waals surface area contributed by atoms with Crippen molar-refractivity contribution >= 4 is 27.3 Å². The number of carbonyl (C=O) groups is 1. The van der Waals surface area contributed by atoms with Crippen LogP contribution in [0.4, 0.5) is 11.4 Å². The maximum Gasteiger partial charge on any atom is 0.223 e. The lowest BCUT2D eigenvalue weighted by Gasteiger charge is -2.23. The number of amides is 1. The van der Waals surface area contributed by atoms with Crippen LogP contribution in [0.5, 0.6) is 0 Å². The van der Waals surface area contributed by atoms with Crippen LogP contribution in [0.3, 0.4) is 0 Å². The zero-order valence-corrected chi connectivity index (χ0v) is 16.0. The Morgan fingerprint density at radius 2 is 1.84 bits per heavy atom.